The van der Waals surface area contributed by atoms with Gasteiger partial charge in [0.05, 0.1) is 17.5 Å². The van der Waals surface area contributed by atoms with E-state index < -0.39 is 17.6 Å². The van der Waals surface area contributed by atoms with Crippen molar-refractivity contribution >= 4 is 34.7 Å². The normalized spacial score (nSPS) is 11.6. The third-order valence-electron chi connectivity index (χ3n) is 5.66. The summed E-state index contributed by atoms with van der Waals surface area (Å²) >= 11 is 5.90. The fraction of sp³-hybridized carbons (Fsp3) is 0.120. The molecule has 0 saturated carbocycles. The summed E-state index contributed by atoms with van der Waals surface area (Å²) < 4.78 is 42.0. The highest BCUT2D eigenvalue weighted by Gasteiger charge is 2.33. The van der Waals surface area contributed by atoms with E-state index in [0.717, 1.165) is 6.07 Å². The number of carbonyl (C=O) groups excluding carboxylic acids is 1. The highest BCUT2D eigenvalue weighted by Crippen LogP contribution is 2.33. The summed E-state index contributed by atoms with van der Waals surface area (Å²) in [5, 5.41) is 14.4. The minimum absolute atomic E-state index is 0.0399. The highest BCUT2D eigenvalue weighted by molar-refractivity contribution is 6.30. The van der Waals surface area contributed by atoms with Crippen LogP contribution in [0.15, 0.2) is 73.1 Å². The molecule has 0 aliphatic heterocycles. The number of H-pyrrole nitrogens is 1. The molecule has 8 nitrogen and oxygen atoms in total. The predicted molar refractivity (Wildman–Crippen MR) is 134 cm³/mol. The molecule has 12 heteroatoms. The molecule has 5 aromatic rings. The Morgan fingerprint density at radius 3 is 2.59 bits per heavy atom. The maximum absolute atomic E-state index is 13.5. The molecule has 0 saturated heterocycles. The molecular formula is C25H19ClF3N7O. The molecule has 2 N–H and O–H groups in total. The van der Waals surface area contributed by atoms with Crippen molar-refractivity contribution in [1.29, 1.82) is 0 Å². The molecule has 5 rings (SSSR count). The molecular weight excluding hydrogens is 507 g/mol. The van der Waals surface area contributed by atoms with Crippen molar-refractivity contribution in [2.75, 3.05) is 17.3 Å². The number of halogens is 4. The van der Waals surface area contributed by atoms with Crippen molar-refractivity contribution in [2.45, 2.75) is 12.7 Å². The molecule has 0 spiro atoms. The molecule has 0 aliphatic rings. The van der Waals surface area contributed by atoms with Crippen molar-refractivity contribution in [3.05, 3.63) is 94.9 Å². The van der Waals surface area contributed by atoms with Crippen molar-refractivity contribution in [3.8, 4) is 11.3 Å². The number of benzene rings is 2. The quantitative estimate of drug-likeness (QED) is 0.297. The first kappa shape index (κ1) is 24.3. The summed E-state index contributed by atoms with van der Waals surface area (Å²) in [6, 6.07) is 15.2. The lowest BCUT2D eigenvalue weighted by atomic mass is 10.1. The summed E-state index contributed by atoms with van der Waals surface area (Å²) in [5.41, 5.74) is 1.60. The minimum atomic E-state index is -4.48. The summed E-state index contributed by atoms with van der Waals surface area (Å²) in [5.74, 6) is -0.0646. The second-order valence-corrected chi connectivity index (χ2v) is 8.69. The number of fused-ring (bicyclic) bond motifs is 1. The second-order valence-electron chi connectivity index (χ2n) is 8.26. The number of hydrogen-bond donors (Lipinski definition) is 2. The van der Waals surface area contributed by atoms with E-state index >= 15 is 0 Å². The van der Waals surface area contributed by atoms with Crippen LogP contribution < -0.4 is 10.2 Å². The molecule has 3 aromatic heterocycles. The SMILES string of the molecule is CN(Cc1ccccc1C(F)(F)F)c1cc(-c2cn[nH]c2)n2nc(C(=O)Nc3ccc(Cl)cc3)cc2n1. The molecule has 0 unspecified atom stereocenters. The van der Waals surface area contributed by atoms with Crippen molar-refractivity contribution < 1.29 is 18.0 Å². The highest BCUT2D eigenvalue weighted by atomic mass is 35.5. The molecule has 0 bridgehead atoms. The Labute approximate surface area is 213 Å². The van der Waals surface area contributed by atoms with Crippen LogP contribution in [0.4, 0.5) is 24.7 Å². The Bertz CT molecular complexity index is 1560. The van der Waals surface area contributed by atoms with Crippen molar-refractivity contribution in [3.63, 3.8) is 0 Å². The van der Waals surface area contributed by atoms with Gasteiger partial charge in [-0.25, -0.2) is 9.50 Å². The number of amides is 1. The largest absolute Gasteiger partial charge is 0.416 e. The van der Waals surface area contributed by atoms with Gasteiger partial charge in [-0.3, -0.25) is 9.89 Å². The van der Waals surface area contributed by atoms with Gasteiger partial charge in [-0.15, -0.1) is 0 Å². The molecule has 3 heterocycles. The molecule has 0 radical (unpaired) electrons. The predicted octanol–water partition coefficient (Wildman–Crippen LogP) is 5.68. The number of carbonyl (C=O) groups is 1. The van der Waals surface area contributed by atoms with Crippen molar-refractivity contribution in [2.24, 2.45) is 0 Å². The summed E-state index contributed by atoms with van der Waals surface area (Å²) in [7, 11) is 1.65. The third-order valence-corrected chi connectivity index (χ3v) is 5.92. The zero-order valence-corrected chi connectivity index (χ0v) is 20.0. The van der Waals surface area contributed by atoms with E-state index in [1.807, 2.05) is 0 Å². The number of alkyl halides is 3. The van der Waals surface area contributed by atoms with E-state index in [-0.39, 0.29) is 17.8 Å². The first-order valence-electron chi connectivity index (χ1n) is 11.0. The van der Waals surface area contributed by atoms with Crippen LogP contribution in [-0.2, 0) is 12.7 Å². The van der Waals surface area contributed by atoms with Crippen LogP contribution in [0.2, 0.25) is 5.02 Å². The Hall–Kier alpha value is -4.38. The second kappa shape index (κ2) is 9.58. The minimum Gasteiger partial charge on any atom is -0.355 e. The van der Waals surface area contributed by atoms with Gasteiger partial charge in [-0.05, 0) is 35.9 Å². The molecule has 37 heavy (non-hydrogen) atoms. The summed E-state index contributed by atoms with van der Waals surface area (Å²) in [4.78, 5) is 19.1. The summed E-state index contributed by atoms with van der Waals surface area (Å²) in [6.07, 6.45) is -1.26. The number of nitrogens with one attached hydrogen (secondary N) is 2. The Morgan fingerprint density at radius 2 is 1.89 bits per heavy atom. The average Bonchev–Trinajstić information content (AvgIpc) is 3.55. The monoisotopic (exact) mass is 525 g/mol. The van der Waals surface area contributed by atoms with Crippen LogP contribution in [0.3, 0.4) is 0 Å². The third kappa shape index (κ3) is 5.12. The maximum Gasteiger partial charge on any atom is 0.416 e. The fourth-order valence-electron chi connectivity index (χ4n) is 3.86. The topological polar surface area (TPSA) is 91.2 Å². The molecule has 0 atom stereocenters. The molecule has 188 valence electrons. The van der Waals surface area contributed by atoms with Gasteiger partial charge in [-0.1, -0.05) is 29.8 Å². The van der Waals surface area contributed by atoms with Crippen LogP contribution in [0, 0.1) is 0 Å². The van der Waals surface area contributed by atoms with Crippen LogP contribution in [0.1, 0.15) is 21.6 Å². The van der Waals surface area contributed by atoms with Gasteiger partial charge < -0.3 is 10.2 Å². The number of aromatic amines is 1. The van der Waals surface area contributed by atoms with Gasteiger partial charge in [0.15, 0.2) is 11.3 Å². The van der Waals surface area contributed by atoms with Crippen LogP contribution in [-0.4, -0.2) is 37.8 Å². The lowest BCUT2D eigenvalue weighted by Gasteiger charge is -2.21. The Kier molecular flexibility index (Phi) is 6.30. The van der Waals surface area contributed by atoms with Gasteiger partial charge in [0.25, 0.3) is 5.91 Å². The standard InChI is InChI=1S/C25H19ClF3N7O/c1-35(14-15-4-2-3-5-19(15)25(27,28)29)22-11-21(16-12-30-31-13-16)36-23(33-22)10-20(34-36)24(37)32-18-8-6-17(26)7-9-18/h2-13H,14H2,1H3,(H,30,31)(H,32,37). The van der Waals surface area contributed by atoms with E-state index in [9.17, 15) is 18.0 Å². The van der Waals surface area contributed by atoms with Crippen LogP contribution >= 0.6 is 11.6 Å². The first-order valence-corrected chi connectivity index (χ1v) is 11.4. The van der Waals surface area contributed by atoms with E-state index in [2.05, 4.69) is 25.6 Å². The Balaban J connectivity index is 1.51. The average molecular weight is 526 g/mol. The number of anilines is 2. The van der Waals surface area contributed by atoms with Crippen LogP contribution in [0.25, 0.3) is 16.9 Å². The van der Waals surface area contributed by atoms with E-state index in [1.165, 1.54) is 22.7 Å². The smallest absolute Gasteiger partial charge is 0.355 e. The van der Waals surface area contributed by atoms with Gasteiger partial charge in [0.1, 0.15) is 5.82 Å². The number of hydrogen-bond acceptors (Lipinski definition) is 5. The van der Waals surface area contributed by atoms with Crippen LogP contribution in [0.5, 0.6) is 0 Å². The molecule has 1 amide bonds. The number of nitrogens with zero attached hydrogens (tertiary/aromatic N) is 5. The zero-order chi connectivity index (χ0) is 26.2. The van der Waals surface area contributed by atoms with Gasteiger partial charge in [-0.2, -0.15) is 23.4 Å². The first-order chi connectivity index (χ1) is 17.7. The van der Waals surface area contributed by atoms with Gasteiger partial charge in [0.2, 0.25) is 0 Å². The maximum atomic E-state index is 13.5. The molecule has 0 fully saturated rings. The van der Waals surface area contributed by atoms with E-state index in [1.54, 1.807) is 60.7 Å². The fourth-order valence-corrected chi connectivity index (χ4v) is 3.99. The van der Waals surface area contributed by atoms with Gasteiger partial charge >= 0.3 is 6.18 Å². The zero-order valence-electron chi connectivity index (χ0n) is 19.3. The molecule has 0 aliphatic carbocycles. The van der Waals surface area contributed by atoms with E-state index in [4.69, 9.17) is 11.6 Å². The van der Waals surface area contributed by atoms with E-state index in [0.29, 0.717) is 33.4 Å². The van der Waals surface area contributed by atoms with Crippen molar-refractivity contribution in [1.82, 2.24) is 24.8 Å². The number of rotatable bonds is 6. The molecule has 2 aromatic carbocycles. The number of aromatic nitrogens is 5. The Morgan fingerprint density at radius 1 is 1.14 bits per heavy atom. The summed E-state index contributed by atoms with van der Waals surface area (Å²) in [6.45, 7) is -0.0399. The van der Waals surface area contributed by atoms with Gasteiger partial charge in [0, 0.05) is 48.2 Å². The lowest BCUT2D eigenvalue weighted by Crippen LogP contribution is -2.21. The lowest BCUT2D eigenvalue weighted by molar-refractivity contribution is -0.138.